The Kier molecular flexibility index (Phi) is 2.95. The number of rotatable bonds is 4. The highest BCUT2D eigenvalue weighted by Gasteiger charge is 2.11. The topological polar surface area (TPSA) is 96.0 Å². The third kappa shape index (κ3) is 2.36. The molecule has 0 atom stereocenters. The highest BCUT2D eigenvalue weighted by Crippen LogP contribution is 2.14. The van der Waals surface area contributed by atoms with Crippen LogP contribution in [0.1, 0.15) is 6.92 Å². The summed E-state index contributed by atoms with van der Waals surface area (Å²) in [6, 6.07) is 1.56. The third-order valence-corrected chi connectivity index (χ3v) is 1.93. The average molecular weight is 235 g/mol. The summed E-state index contributed by atoms with van der Waals surface area (Å²) in [5.41, 5.74) is -0.0958. The van der Waals surface area contributed by atoms with Crippen LogP contribution in [0.5, 0.6) is 5.88 Å². The molecular formula is C9H9N5O3. The Morgan fingerprint density at radius 3 is 3.00 bits per heavy atom. The highest BCUT2D eigenvalue weighted by molar-refractivity contribution is 5.30. The number of hydrogen-bond donors (Lipinski definition) is 0. The molecule has 0 saturated carbocycles. The van der Waals surface area contributed by atoms with E-state index in [0.29, 0.717) is 18.3 Å². The van der Waals surface area contributed by atoms with Crippen LogP contribution in [-0.4, -0.2) is 31.3 Å². The van der Waals surface area contributed by atoms with E-state index in [1.54, 1.807) is 6.07 Å². The summed E-state index contributed by atoms with van der Waals surface area (Å²) >= 11 is 0. The molecule has 2 aromatic rings. The van der Waals surface area contributed by atoms with Crippen LogP contribution in [-0.2, 0) is 0 Å². The fourth-order valence-corrected chi connectivity index (χ4v) is 1.21. The maximum Gasteiger partial charge on any atom is 0.307 e. The molecule has 0 spiro atoms. The van der Waals surface area contributed by atoms with Crippen molar-refractivity contribution in [2.45, 2.75) is 6.92 Å². The van der Waals surface area contributed by atoms with Gasteiger partial charge < -0.3 is 4.74 Å². The monoisotopic (exact) mass is 235 g/mol. The van der Waals surface area contributed by atoms with Crippen molar-refractivity contribution in [2.24, 2.45) is 0 Å². The van der Waals surface area contributed by atoms with Crippen LogP contribution in [0.3, 0.4) is 0 Å². The van der Waals surface area contributed by atoms with E-state index in [0.717, 1.165) is 6.20 Å². The molecule has 0 aliphatic carbocycles. The first-order chi connectivity index (χ1) is 8.20. The Hall–Kier alpha value is -2.51. The predicted molar refractivity (Wildman–Crippen MR) is 57.0 cm³/mol. The van der Waals surface area contributed by atoms with Gasteiger partial charge in [-0.3, -0.25) is 10.1 Å². The molecule has 0 bridgehead atoms. The van der Waals surface area contributed by atoms with Crippen molar-refractivity contribution in [1.82, 2.24) is 19.7 Å². The van der Waals surface area contributed by atoms with Crippen LogP contribution in [0, 0.1) is 10.1 Å². The van der Waals surface area contributed by atoms with Gasteiger partial charge in [-0.2, -0.15) is 5.10 Å². The van der Waals surface area contributed by atoms with Gasteiger partial charge in [0.2, 0.25) is 5.88 Å². The zero-order chi connectivity index (χ0) is 12.3. The first kappa shape index (κ1) is 11.0. The quantitative estimate of drug-likeness (QED) is 0.578. The lowest BCUT2D eigenvalue weighted by Gasteiger charge is -2.03. The standard InChI is InChI=1S/C9H9N5O3/c1-2-17-9-3-8(10-6-11-9)13-5-7(4-12-13)14(15)16/h3-6H,2H2,1H3. The lowest BCUT2D eigenvalue weighted by atomic mass is 10.5. The Morgan fingerprint density at radius 1 is 1.53 bits per heavy atom. The van der Waals surface area contributed by atoms with Crippen molar-refractivity contribution in [1.29, 1.82) is 0 Å². The molecule has 2 rings (SSSR count). The molecular weight excluding hydrogens is 226 g/mol. The number of nitrogens with zero attached hydrogens (tertiary/aromatic N) is 5. The van der Waals surface area contributed by atoms with Gasteiger partial charge in [-0.25, -0.2) is 14.6 Å². The Labute approximate surface area is 96.0 Å². The van der Waals surface area contributed by atoms with Crippen LogP contribution < -0.4 is 4.74 Å². The fourth-order valence-electron chi connectivity index (χ4n) is 1.21. The van der Waals surface area contributed by atoms with Gasteiger partial charge in [-0.15, -0.1) is 0 Å². The van der Waals surface area contributed by atoms with E-state index >= 15 is 0 Å². The van der Waals surface area contributed by atoms with Crippen LogP contribution in [0.15, 0.2) is 24.8 Å². The summed E-state index contributed by atoms with van der Waals surface area (Å²) in [6.45, 7) is 2.32. The van der Waals surface area contributed by atoms with E-state index in [2.05, 4.69) is 15.1 Å². The van der Waals surface area contributed by atoms with Gasteiger partial charge in [0.15, 0.2) is 5.82 Å². The second kappa shape index (κ2) is 4.56. The first-order valence-corrected chi connectivity index (χ1v) is 4.85. The highest BCUT2D eigenvalue weighted by atomic mass is 16.6. The molecule has 0 aliphatic heterocycles. The minimum Gasteiger partial charge on any atom is -0.478 e. The van der Waals surface area contributed by atoms with Gasteiger partial charge in [0, 0.05) is 6.07 Å². The van der Waals surface area contributed by atoms with E-state index in [-0.39, 0.29) is 5.69 Å². The molecule has 0 amide bonds. The molecule has 0 aromatic carbocycles. The van der Waals surface area contributed by atoms with Gasteiger partial charge in [0.05, 0.1) is 11.5 Å². The molecule has 8 heteroatoms. The van der Waals surface area contributed by atoms with Crippen LogP contribution >= 0.6 is 0 Å². The molecule has 8 nitrogen and oxygen atoms in total. The summed E-state index contributed by atoms with van der Waals surface area (Å²) in [4.78, 5) is 17.8. The van der Waals surface area contributed by atoms with Crippen molar-refractivity contribution in [3.8, 4) is 11.7 Å². The normalized spacial score (nSPS) is 10.2. The Morgan fingerprint density at radius 2 is 2.35 bits per heavy atom. The predicted octanol–water partition coefficient (Wildman–Crippen LogP) is 0.969. The van der Waals surface area contributed by atoms with Crippen molar-refractivity contribution in [2.75, 3.05) is 6.61 Å². The lowest BCUT2D eigenvalue weighted by Crippen LogP contribution is -2.01. The smallest absolute Gasteiger partial charge is 0.307 e. The third-order valence-electron chi connectivity index (χ3n) is 1.93. The molecule has 88 valence electrons. The molecule has 0 fully saturated rings. The van der Waals surface area contributed by atoms with Gasteiger partial charge in [0.25, 0.3) is 0 Å². The minimum absolute atomic E-state index is 0.0958. The molecule has 0 saturated heterocycles. The van der Waals surface area contributed by atoms with Crippen molar-refractivity contribution < 1.29 is 9.66 Å². The average Bonchev–Trinajstić information content (AvgIpc) is 2.79. The Bertz CT molecular complexity index is 539. The fraction of sp³-hybridized carbons (Fsp3) is 0.222. The van der Waals surface area contributed by atoms with Crippen LogP contribution in [0.2, 0.25) is 0 Å². The molecule has 2 heterocycles. The van der Waals surface area contributed by atoms with Crippen LogP contribution in [0.4, 0.5) is 5.69 Å². The summed E-state index contributed by atoms with van der Waals surface area (Å²) in [5.74, 6) is 0.812. The molecule has 2 aromatic heterocycles. The summed E-state index contributed by atoms with van der Waals surface area (Å²) in [6.07, 6.45) is 3.74. The number of nitro groups is 1. The van der Waals surface area contributed by atoms with Crippen LogP contribution in [0.25, 0.3) is 5.82 Å². The van der Waals surface area contributed by atoms with Gasteiger partial charge in [0.1, 0.15) is 18.7 Å². The SMILES string of the molecule is CCOc1cc(-n2cc([N+](=O)[O-])cn2)ncn1. The maximum atomic E-state index is 10.5. The minimum atomic E-state index is -0.520. The zero-order valence-corrected chi connectivity index (χ0v) is 8.98. The van der Waals surface area contributed by atoms with Crippen molar-refractivity contribution in [3.05, 3.63) is 34.9 Å². The molecule has 0 radical (unpaired) electrons. The maximum absolute atomic E-state index is 10.5. The van der Waals surface area contributed by atoms with Crippen molar-refractivity contribution >= 4 is 5.69 Å². The van der Waals surface area contributed by atoms with Gasteiger partial charge >= 0.3 is 5.69 Å². The number of aromatic nitrogens is 4. The van der Waals surface area contributed by atoms with Gasteiger partial charge in [-0.1, -0.05) is 0 Å². The second-order valence-corrected chi connectivity index (χ2v) is 3.05. The second-order valence-electron chi connectivity index (χ2n) is 3.05. The summed E-state index contributed by atoms with van der Waals surface area (Å²) in [5, 5.41) is 14.3. The van der Waals surface area contributed by atoms with E-state index in [4.69, 9.17) is 4.74 Å². The van der Waals surface area contributed by atoms with E-state index in [1.807, 2.05) is 6.92 Å². The first-order valence-electron chi connectivity index (χ1n) is 4.85. The molecule has 0 aliphatic rings. The lowest BCUT2D eigenvalue weighted by molar-refractivity contribution is -0.384. The molecule has 17 heavy (non-hydrogen) atoms. The summed E-state index contributed by atoms with van der Waals surface area (Å²) in [7, 11) is 0. The zero-order valence-electron chi connectivity index (χ0n) is 8.98. The molecule has 0 unspecified atom stereocenters. The summed E-state index contributed by atoms with van der Waals surface area (Å²) < 4.78 is 6.49. The van der Waals surface area contributed by atoms with E-state index in [1.165, 1.54) is 17.2 Å². The number of ether oxygens (including phenoxy) is 1. The molecule has 0 N–H and O–H groups in total. The number of hydrogen-bond acceptors (Lipinski definition) is 6. The van der Waals surface area contributed by atoms with Crippen molar-refractivity contribution in [3.63, 3.8) is 0 Å². The van der Waals surface area contributed by atoms with E-state index in [9.17, 15) is 10.1 Å². The van der Waals surface area contributed by atoms with Gasteiger partial charge in [-0.05, 0) is 6.92 Å². The largest absolute Gasteiger partial charge is 0.478 e. The Balaban J connectivity index is 2.31. The van der Waals surface area contributed by atoms with E-state index < -0.39 is 4.92 Å².